The minimum absolute atomic E-state index is 0.0822. The van der Waals surface area contributed by atoms with E-state index in [-0.39, 0.29) is 5.91 Å². The van der Waals surface area contributed by atoms with Crippen LogP contribution in [-0.2, 0) is 11.3 Å². The van der Waals surface area contributed by atoms with Crippen LogP contribution >= 0.6 is 0 Å². The molecule has 1 aromatic rings. The van der Waals surface area contributed by atoms with E-state index >= 15 is 0 Å². The van der Waals surface area contributed by atoms with Crippen molar-refractivity contribution in [1.82, 2.24) is 15.5 Å². The highest BCUT2D eigenvalue weighted by Gasteiger charge is 2.01. The topological polar surface area (TPSA) is 57.5 Å². The molecule has 96 valence electrons. The Hall–Kier alpha value is -1.33. The summed E-state index contributed by atoms with van der Waals surface area (Å²) in [5, 5.41) is 6.02. The first-order chi connectivity index (χ1) is 8.18. The predicted molar refractivity (Wildman–Crippen MR) is 66.6 cm³/mol. The molecule has 0 fully saturated rings. The first-order valence-corrected chi connectivity index (χ1v) is 5.83. The van der Waals surface area contributed by atoms with Gasteiger partial charge in [0.1, 0.15) is 5.76 Å². The van der Waals surface area contributed by atoms with Crippen molar-refractivity contribution in [2.24, 2.45) is 0 Å². The molecule has 1 amide bonds. The lowest BCUT2D eigenvalue weighted by molar-refractivity contribution is -0.121. The van der Waals surface area contributed by atoms with E-state index in [0.717, 1.165) is 12.3 Å². The molecule has 0 aliphatic heterocycles. The Labute approximate surface area is 102 Å². The van der Waals surface area contributed by atoms with Gasteiger partial charge in [-0.25, -0.2) is 0 Å². The van der Waals surface area contributed by atoms with Crippen LogP contribution < -0.4 is 10.6 Å². The molecule has 0 radical (unpaired) electrons. The van der Waals surface area contributed by atoms with E-state index < -0.39 is 0 Å². The summed E-state index contributed by atoms with van der Waals surface area (Å²) in [6.45, 7) is 2.89. The minimum atomic E-state index is 0.0822. The number of carbonyl (C=O) groups excluding carboxylic acids is 1. The van der Waals surface area contributed by atoms with Crippen LogP contribution in [0.1, 0.15) is 12.2 Å². The first-order valence-electron chi connectivity index (χ1n) is 5.83. The maximum absolute atomic E-state index is 11.4. The number of nitrogens with zero attached hydrogens (tertiary/aromatic N) is 1. The van der Waals surface area contributed by atoms with Gasteiger partial charge in [-0.1, -0.05) is 0 Å². The predicted octanol–water partition coefficient (Wildman–Crippen LogP) is 0.437. The number of hydrogen-bond donors (Lipinski definition) is 2. The van der Waals surface area contributed by atoms with E-state index in [9.17, 15) is 4.79 Å². The average molecular weight is 239 g/mol. The Morgan fingerprint density at radius 3 is 2.88 bits per heavy atom. The van der Waals surface area contributed by atoms with E-state index in [4.69, 9.17) is 4.42 Å². The fourth-order valence-electron chi connectivity index (χ4n) is 1.33. The number of furan rings is 1. The second-order valence-corrected chi connectivity index (χ2v) is 4.16. The second-order valence-electron chi connectivity index (χ2n) is 4.16. The molecule has 0 saturated carbocycles. The summed E-state index contributed by atoms with van der Waals surface area (Å²) in [5.41, 5.74) is 0. The minimum Gasteiger partial charge on any atom is -0.468 e. The van der Waals surface area contributed by atoms with Crippen molar-refractivity contribution in [3.8, 4) is 0 Å². The fourth-order valence-corrected chi connectivity index (χ4v) is 1.33. The largest absolute Gasteiger partial charge is 0.468 e. The number of hydrogen-bond acceptors (Lipinski definition) is 4. The monoisotopic (exact) mass is 239 g/mol. The lowest BCUT2D eigenvalue weighted by Gasteiger charge is -2.10. The van der Waals surface area contributed by atoms with Gasteiger partial charge in [0.25, 0.3) is 0 Å². The zero-order valence-corrected chi connectivity index (χ0v) is 10.5. The fraction of sp³-hybridized carbons (Fsp3) is 0.583. The zero-order chi connectivity index (χ0) is 12.5. The van der Waals surface area contributed by atoms with Crippen LogP contribution in [0.2, 0.25) is 0 Å². The second kappa shape index (κ2) is 7.86. The number of rotatable bonds is 8. The van der Waals surface area contributed by atoms with E-state index in [1.54, 1.807) is 6.26 Å². The normalized spacial score (nSPS) is 10.8. The number of amides is 1. The summed E-state index contributed by atoms with van der Waals surface area (Å²) in [4.78, 5) is 13.4. The molecular weight excluding hydrogens is 218 g/mol. The number of carbonyl (C=O) groups is 1. The van der Waals surface area contributed by atoms with Gasteiger partial charge in [0, 0.05) is 26.1 Å². The van der Waals surface area contributed by atoms with Gasteiger partial charge >= 0.3 is 0 Å². The Kier molecular flexibility index (Phi) is 6.35. The third-order valence-corrected chi connectivity index (χ3v) is 2.29. The van der Waals surface area contributed by atoms with Gasteiger partial charge in [0.15, 0.2) is 0 Å². The van der Waals surface area contributed by atoms with Crippen LogP contribution in [0.5, 0.6) is 0 Å². The van der Waals surface area contributed by atoms with Crippen LogP contribution in [-0.4, -0.2) is 44.5 Å². The highest BCUT2D eigenvalue weighted by molar-refractivity contribution is 5.76. The molecule has 0 saturated heterocycles. The highest BCUT2D eigenvalue weighted by atomic mass is 16.3. The van der Waals surface area contributed by atoms with Crippen molar-refractivity contribution in [3.63, 3.8) is 0 Å². The van der Waals surface area contributed by atoms with E-state index in [1.807, 2.05) is 31.1 Å². The highest BCUT2D eigenvalue weighted by Crippen LogP contribution is 1.98. The van der Waals surface area contributed by atoms with Crippen molar-refractivity contribution in [2.45, 2.75) is 13.0 Å². The van der Waals surface area contributed by atoms with E-state index in [0.29, 0.717) is 26.1 Å². The molecule has 17 heavy (non-hydrogen) atoms. The standard InChI is InChI=1S/C12H21N3O2/c1-15(2)8-7-14-12(16)5-6-13-10-11-4-3-9-17-11/h3-4,9,13H,5-8,10H2,1-2H3,(H,14,16). The number of likely N-dealkylation sites (N-methyl/N-ethyl adjacent to an activating group) is 1. The van der Waals surface area contributed by atoms with Gasteiger partial charge in [-0.2, -0.15) is 0 Å². The molecule has 0 atom stereocenters. The summed E-state index contributed by atoms with van der Waals surface area (Å²) in [6.07, 6.45) is 2.14. The SMILES string of the molecule is CN(C)CCNC(=O)CCNCc1ccco1. The molecule has 2 N–H and O–H groups in total. The van der Waals surface area contributed by atoms with Gasteiger partial charge in [-0.15, -0.1) is 0 Å². The molecular formula is C12H21N3O2. The van der Waals surface area contributed by atoms with Crippen LogP contribution in [0.25, 0.3) is 0 Å². The molecule has 5 nitrogen and oxygen atoms in total. The number of nitrogens with one attached hydrogen (secondary N) is 2. The van der Waals surface area contributed by atoms with Gasteiger partial charge in [-0.3, -0.25) is 4.79 Å². The van der Waals surface area contributed by atoms with Crippen LogP contribution in [0.4, 0.5) is 0 Å². The molecule has 0 spiro atoms. The summed E-state index contributed by atoms with van der Waals surface area (Å²) < 4.78 is 5.16. The van der Waals surface area contributed by atoms with Gasteiger partial charge in [0.2, 0.25) is 5.91 Å². The summed E-state index contributed by atoms with van der Waals surface area (Å²) >= 11 is 0. The molecule has 5 heteroatoms. The van der Waals surface area contributed by atoms with Gasteiger partial charge in [0.05, 0.1) is 12.8 Å². The Bertz CT molecular complexity index is 310. The van der Waals surface area contributed by atoms with E-state index in [1.165, 1.54) is 0 Å². The summed E-state index contributed by atoms with van der Waals surface area (Å²) in [6, 6.07) is 3.76. The van der Waals surface area contributed by atoms with Crippen LogP contribution in [0, 0.1) is 0 Å². The summed E-state index contributed by atoms with van der Waals surface area (Å²) in [7, 11) is 3.97. The Morgan fingerprint density at radius 2 is 2.24 bits per heavy atom. The molecule has 0 bridgehead atoms. The molecule has 0 unspecified atom stereocenters. The smallest absolute Gasteiger partial charge is 0.221 e. The van der Waals surface area contributed by atoms with Crippen molar-refractivity contribution < 1.29 is 9.21 Å². The maximum Gasteiger partial charge on any atom is 0.221 e. The average Bonchev–Trinajstić information content (AvgIpc) is 2.76. The first kappa shape index (κ1) is 13.7. The zero-order valence-electron chi connectivity index (χ0n) is 10.5. The Morgan fingerprint density at radius 1 is 1.41 bits per heavy atom. The molecule has 0 aliphatic carbocycles. The Balaban J connectivity index is 1.97. The summed E-state index contributed by atoms with van der Waals surface area (Å²) in [5.74, 6) is 0.969. The van der Waals surface area contributed by atoms with Crippen LogP contribution in [0.15, 0.2) is 22.8 Å². The lowest BCUT2D eigenvalue weighted by atomic mass is 10.3. The van der Waals surface area contributed by atoms with Crippen molar-refractivity contribution in [1.29, 1.82) is 0 Å². The van der Waals surface area contributed by atoms with Crippen LogP contribution in [0.3, 0.4) is 0 Å². The third kappa shape index (κ3) is 6.76. The van der Waals surface area contributed by atoms with E-state index in [2.05, 4.69) is 10.6 Å². The third-order valence-electron chi connectivity index (χ3n) is 2.29. The molecule has 0 aromatic carbocycles. The molecule has 0 aliphatic rings. The molecule has 1 aromatic heterocycles. The molecule has 1 heterocycles. The maximum atomic E-state index is 11.4. The molecule has 1 rings (SSSR count). The lowest BCUT2D eigenvalue weighted by Crippen LogP contribution is -2.33. The van der Waals surface area contributed by atoms with Gasteiger partial charge in [-0.05, 0) is 26.2 Å². The van der Waals surface area contributed by atoms with Crippen molar-refractivity contribution >= 4 is 5.91 Å². The van der Waals surface area contributed by atoms with Crippen molar-refractivity contribution in [3.05, 3.63) is 24.2 Å². The van der Waals surface area contributed by atoms with Crippen molar-refractivity contribution in [2.75, 3.05) is 33.7 Å². The van der Waals surface area contributed by atoms with Gasteiger partial charge < -0.3 is 20.0 Å². The quantitative estimate of drug-likeness (QED) is 0.646.